The lowest BCUT2D eigenvalue weighted by Gasteiger charge is -2.49. The van der Waals surface area contributed by atoms with E-state index >= 15 is 0 Å². The summed E-state index contributed by atoms with van der Waals surface area (Å²) in [6, 6.07) is 0. The lowest BCUT2D eigenvalue weighted by molar-refractivity contribution is -0.494. The largest absolute Gasteiger partial charge is 0.492 e. The first-order valence-corrected chi connectivity index (χ1v) is 11.9. The minimum Gasteiger partial charge on any atom is -0.492 e. The molecule has 4 rings (SSSR count). The average molecular weight is 448 g/mol. The third-order valence-electron chi connectivity index (χ3n) is 8.63. The Kier molecular flexibility index (Phi) is 6.29. The van der Waals surface area contributed by atoms with Gasteiger partial charge in [0.05, 0.1) is 18.1 Å². The van der Waals surface area contributed by atoms with Gasteiger partial charge in [0.25, 0.3) is 0 Å². The summed E-state index contributed by atoms with van der Waals surface area (Å²) >= 11 is 0. The van der Waals surface area contributed by atoms with Crippen LogP contribution in [0.4, 0.5) is 0 Å². The molecule has 1 saturated heterocycles. The van der Waals surface area contributed by atoms with Gasteiger partial charge in [-0.05, 0) is 31.3 Å². The molecule has 4 bridgehead atoms. The van der Waals surface area contributed by atoms with Gasteiger partial charge in [0.2, 0.25) is 6.54 Å². The van der Waals surface area contributed by atoms with Crippen molar-refractivity contribution in [3.05, 3.63) is 46.3 Å². The Hall–Kier alpha value is -1.70. The molecule has 0 aromatic rings. The van der Waals surface area contributed by atoms with Crippen LogP contribution in [0.1, 0.15) is 40.5 Å². The smallest absolute Gasteiger partial charge is 0.209 e. The molecule has 2 aliphatic carbocycles. The molecule has 0 aromatic heterocycles. The van der Waals surface area contributed by atoms with Gasteiger partial charge in [-0.2, -0.15) is 0 Å². The van der Waals surface area contributed by atoms with Crippen LogP contribution in [0.25, 0.3) is 0 Å². The molecular weight excluding hydrogens is 410 g/mol. The first-order valence-electron chi connectivity index (χ1n) is 11.9. The Bertz CT molecular complexity index is 823. The zero-order valence-electron chi connectivity index (χ0n) is 19.8. The van der Waals surface area contributed by atoms with Gasteiger partial charge in [-0.1, -0.05) is 45.6 Å². The fraction of sp³-hybridized carbons (Fsp3) is 0.760. The van der Waals surface area contributed by atoms with Crippen molar-refractivity contribution in [3.63, 3.8) is 0 Å². The first-order chi connectivity index (χ1) is 15.1. The normalized spacial score (nSPS) is 49.6. The Labute approximate surface area is 190 Å². The number of hydrogen-bond donors (Lipinski definition) is 1. The second-order valence-corrected chi connectivity index (χ2v) is 10.2. The van der Waals surface area contributed by atoms with Crippen LogP contribution in [0, 0.1) is 45.6 Å². The molecule has 0 radical (unpaired) electrons. The van der Waals surface area contributed by atoms with E-state index in [2.05, 4.69) is 45.6 Å². The fourth-order valence-corrected chi connectivity index (χ4v) is 6.97. The molecule has 178 valence electrons. The summed E-state index contributed by atoms with van der Waals surface area (Å²) in [5.41, 5.74) is 0.360. The van der Waals surface area contributed by atoms with Crippen molar-refractivity contribution < 1.29 is 24.2 Å². The predicted octanol–water partition coefficient (Wildman–Crippen LogP) is 3.76. The summed E-state index contributed by atoms with van der Waals surface area (Å²) in [4.78, 5) is 11.2. The molecule has 1 N–H and O–H groups in total. The van der Waals surface area contributed by atoms with E-state index in [1.165, 1.54) is 0 Å². The second kappa shape index (κ2) is 8.58. The van der Waals surface area contributed by atoms with E-state index in [4.69, 9.17) is 14.2 Å². The number of ether oxygens (including phenoxy) is 3. The van der Waals surface area contributed by atoms with Crippen molar-refractivity contribution in [2.24, 2.45) is 35.5 Å². The number of aliphatic hydroxyl groups is 1. The molecule has 7 heteroatoms. The van der Waals surface area contributed by atoms with Crippen LogP contribution in [0.2, 0.25) is 0 Å². The minimum absolute atomic E-state index is 0.0357. The highest BCUT2D eigenvalue weighted by Gasteiger charge is 2.68. The average Bonchev–Trinajstić information content (AvgIpc) is 2.94. The van der Waals surface area contributed by atoms with Crippen molar-refractivity contribution in [2.75, 3.05) is 13.7 Å². The van der Waals surface area contributed by atoms with Crippen molar-refractivity contribution >= 4 is 0 Å². The van der Waals surface area contributed by atoms with Gasteiger partial charge < -0.3 is 19.3 Å². The Morgan fingerprint density at radius 1 is 1.38 bits per heavy atom. The maximum absolute atomic E-state index is 11.5. The SMILES string of the molecule is C=C1O[C@H](CC)[C@H](C)/C=C(\C)[C@]23O[C@@H]4[C@H](C=C[C@@H]2C[C@@H]1OC)[C@H]3[C@H](O)C(C)[C@H]4C[N+](=O)[O-]. The number of nitro groups is 1. The van der Waals surface area contributed by atoms with Crippen molar-refractivity contribution in [1.82, 2.24) is 0 Å². The van der Waals surface area contributed by atoms with E-state index in [0.29, 0.717) is 12.2 Å². The van der Waals surface area contributed by atoms with Crippen molar-refractivity contribution in [3.8, 4) is 0 Å². The molecule has 1 saturated carbocycles. The van der Waals surface area contributed by atoms with E-state index in [-0.39, 0.29) is 65.3 Å². The molecule has 2 heterocycles. The molecule has 4 aliphatic rings. The molecule has 0 aromatic carbocycles. The highest BCUT2D eigenvalue weighted by atomic mass is 16.6. The molecule has 1 spiro atoms. The molecule has 32 heavy (non-hydrogen) atoms. The monoisotopic (exact) mass is 447 g/mol. The van der Waals surface area contributed by atoms with E-state index in [1.54, 1.807) is 7.11 Å². The van der Waals surface area contributed by atoms with Gasteiger partial charge in [0.15, 0.2) is 0 Å². The topological polar surface area (TPSA) is 91.1 Å². The van der Waals surface area contributed by atoms with Crippen LogP contribution >= 0.6 is 0 Å². The number of aliphatic hydroxyl groups excluding tert-OH is 1. The van der Waals surface area contributed by atoms with Crippen LogP contribution in [0.3, 0.4) is 0 Å². The van der Waals surface area contributed by atoms with Crippen LogP contribution in [0.5, 0.6) is 0 Å². The second-order valence-electron chi connectivity index (χ2n) is 10.2. The van der Waals surface area contributed by atoms with Crippen LogP contribution in [0.15, 0.2) is 36.1 Å². The van der Waals surface area contributed by atoms with Crippen molar-refractivity contribution in [2.45, 2.75) is 70.6 Å². The molecule has 2 fully saturated rings. The molecule has 11 atom stereocenters. The zero-order valence-corrected chi connectivity index (χ0v) is 19.8. The quantitative estimate of drug-likeness (QED) is 0.401. The minimum atomic E-state index is -0.718. The Balaban J connectivity index is 1.84. The van der Waals surface area contributed by atoms with Gasteiger partial charge in [0.1, 0.15) is 23.6 Å². The highest BCUT2D eigenvalue weighted by Crippen LogP contribution is 2.62. The zero-order chi connectivity index (χ0) is 23.4. The molecular formula is C25H37NO6. The third kappa shape index (κ3) is 3.44. The summed E-state index contributed by atoms with van der Waals surface area (Å²) in [6.07, 6.45) is 6.65. The predicted molar refractivity (Wildman–Crippen MR) is 120 cm³/mol. The van der Waals surface area contributed by atoms with Gasteiger partial charge in [0, 0.05) is 35.7 Å². The number of rotatable bonds is 4. The summed E-state index contributed by atoms with van der Waals surface area (Å²) in [5.74, 6) is -0.0485. The Morgan fingerprint density at radius 3 is 2.72 bits per heavy atom. The van der Waals surface area contributed by atoms with Gasteiger partial charge >= 0.3 is 0 Å². The highest BCUT2D eigenvalue weighted by molar-refractivity contribution is 5.35. The molecule has 1 unspecified atom stereocenters. The molecule has 2 aliphatic heterocycles. The maximum atomic E-state index is 11.5. The summed E-state index contributed by atoms with van der Waals surface area (Å²) in [5, 5.41) is 22.9. The lowest BCUT2D eigenvalue weighted by Crippen LogP contribution is -2.56. The fourth-order valence-electron chi connectivity index (χ4n) is 6.97. The standard InChI is InChI=1S/C25H37NO6/c1-7-20-13(2)10-14(3)25-17(11-21(30-6)16(5)31-20)8-9-18-22(25)23(27)15(4)19(12-26(28)29)24(18)32-25/h8-10,13,15,17-24,27H,5,7,11-12H2,1-4,6H3/b14-10+/t13-,15?,17-,18-,19-,20-,21+,22+,23-,24-,25+/m1/s1. The van der Waals surface area contributed by atoms with Crippen LogP contribution in [-0.2, 0) is 14.2 Å². The van der Waals surface area contributed by atoms with Crippen LogP contribution < -0.4 is 0 Å². The first kappa shape index (κ1) is 23.5. The van der Waals surface area contributed by atoms with Crippen molar-refractivity contribution in [1.29, 1.82) is 0 Å². The van der Waals surface area contributed by atoms with E-state index in [1.807, 2.05) is 6.92 Å². The summed E-state index contributed by atoms with van der Waals surface area (Å²) in [6.45, 7) is 12.2. The lowest BCUT2D eigenvalue weighted by atomic mass is 9.56. The summed E-state index contributed by atoms with van der Waals surface area (Å²) < 4.78 is 19.0. The molecule has 0 amide bonds. The van der Waals surface area contributed by atoms with E-state index in [9.17, 15) is 15.2 Å². The van der Waals surface area contributed by atoms with Crippen LogP contribution in [-0.4, -0.2) is 53.7 Å². The number of hydrogen-bond acceptors (Lipinski definition) is 6. The maximum Gasteiger partial charge on any atom is 0.209 e. The number of nitrogens with zero attached hydrogens (tertiary/aromatic N) is 1. The van der Waals surface area contributed by atoms with E-state index in [0.717, 1.165) is 12.0 Å². The molecule has 7 nitrogen and oxygen atoms in total. The van der Waals surface area contributed by atoms with Gasteiger partial charge in [-0.3, -0.25) is 10.1 Å². The van der Waals surface area contributed by atoms with Gasteiger partial charge in [-0.15, -0.1) is 0 Å². The summed E-state index contributed by atoms with van der Waals surface area (Å²) in [7, 11) is 1.66. The van der Waals surface area contributed by atoms with Gasteiger partial charge in [-0.25, -0.2) is 0 Å². The number of methoxy groups -OCH3 is 1. The third-order valence-corrected chi connectivity index (χ3v) is 8.63. The van der Waals surface area contributed by atoms with E-state index < -0.39 is 11.7 Å². The Morgan fingerprint density at radius 2 is 2.09 bits per heavy atom.